The number of benzene rings is 2. The van der Waals surface area contributed by atoms with Gasteiger partial charge in [0.2, 0.25) is 11.8 Å². The summed E-state index contributed by atoms with van der Waals surface area (Å²) in [5, 5.41) is 5.77. The van der Waals surface area contributed by atoms with E-state index in [1.165, 1.54) is 0 Å². The first-order valence-electron chi connectivity index (χ1n) is 9.07. The Morgan fingerprint density at radius 2 is 1.62 bits per heavy atom. The summed E-state index contributed by atoms with van der Waals surface area (Å²) in [6.07, 6.45) is 3.08. The molecule has 1 saturated carbocycles. The highest BCUT2D eigenvalue weighted by atomic mass is 16.5. The molecule has 3 rings (SSSR count). The summed E-state index contributed by atoms with van der Waals surface area (Å²) < 4.78 is 5.74. The van der Waals surface area contributed by atoms with E-state index in [-0.39, 0.29) is 17.7 Å². The highest BCUT2D eigenvalue weighted by molar-refractivity contribution is 5.81. The molecule has 0 heterocycles. The van der Waals surface area contributed by atoms with E-state index in [0.717, 1.165) is 29.9 Å². The lowest BCUT2D eigenvalue weighted by Crippen LogP contribution is -2.28. The van der Waals surface area contributed by atoms with Gasteiger partial charge < -0.3 is 15.4 Å². The van der Waals surface area contributed by atoms with Crippen LogP contribution in [0.15, 0.2) is 54.6 Å². The van der Waals surface area contributed by atoms with E-state index in [2.05, 4.69) is 10.6 Å². The lowest BCUT2D eigenvalue weighted by atomic mass is 10.2. The molecule has 0 spiro atoms. The topological polar surface area (TPSA) is 67.4 Å². The van der Waals surface area contributed by atoms with Gasteiger partial charge in [0.25, 0.3) is 0 Å². The van der Waals surface area contributed by atoms with Gasteiger partial charge in [0.05, 0.1) is 0 Å². The minimum atomic E-state index is -0.00437. The van der Waals surface area contributed by atoms with Gasteiger partial charge in [-0.15, -0.1) is 0 Å². The van der Waals surface area contributed by atoms with Crippen LogP contribution in [0.3, 0.4) is 0 Å². The number of ether oxygens (including phenoxy) is 1. The molecule has 2 amide bonds. The number of hydrogen-bond donors (Lipinski definition) is 2. The molecule has 0 unspecified atom stereocenters. The van der Waals surface area contributed by atoms with Gasteiger partial charge in [-0.1, -0.05) is 30.3 Å². The van der Waals surface area contributed by atoms with E-state index in [9.17, 15) is 9.59 Å². The minimum Gasteiger partial charge on any atom is -0.457 e. The second-order valence-electron chi connectivity index (χ2n) is 6.50. The highest BCUT2D eigenvalue weighted by Crippen LogP contribution is 2.28. The zero-order chi connectivity index (χ0) is 18.2. The Labute approximate surface area is 153 Å². The number of carbonyl (C=O) groups excluding carboxylic acids is 2. The van der Waals surface area contributed by atoms with Crippen LogP contribution in [0, 0.1) is 5.92 Å². The third-order valence-corrected chi connectivity index (χ3v) is 4.22. The van der Waals surface area contributed by atoms with Crippen molar-refractivity contribution in [2.75, 3.05) is 6.54 Å². The number of hydrogen-bond acceptors (Lipinski definition) is 3. The fraction of sp³-hybridized carbons (Fsp3) is 0.333. The predicted molar refractivity (Wildman–Crippen MR) is 99.8 cm³/mol. The minimum absolute atomic E-state index is 0.00437. The maximum Gasteiger partial charge on any atom is 0.223 e. The van der Waals surface area contributed by atoms with Crippen molar-refractivity contribution in [3.05, 3.63) is 60.2 Å². The van der Waals surface area contributed by atoms with Crippen LogP contribution in [-0.2, 0) is 16.1 Å². The van der Waals surface area contributed by atoms with Crippen LogP contribution in [0.2, 0.25) is 0 Å². The Morgan fingerprint density at radius 3 is 2.31 bits per heavy atom. The molecule has 0 bridgehead atoms. The van der Waals surface area contributed by atoms with Crippen LogP contribution in [0.4, 0.5) is 0 Å². The largest absolute Gasteiger partial charge is 0.457 e. The number of nitrogens with one attached hydrogen (secondary N) is 2. The molecule has 0 saturated heterocycles. The van der Waals surface area contributed by atoms with Crippen molar-refractivity contribution in [1.29, 1.82) is 0 Å². The molecule has 0 radical (unpaired) electrons. The fourth-order valence-corrected chi connectivity index (χ4v) is 2.54. The first-order valence-corrected chi connectivity index (χ1v) is 9.07. The SMILES string of the molecule is O=C(CCCNC(=O)C1CC1)NCc1ccc(Oc2ccccc2)cc1. The highest BCUT2D eigenvalue weighted by Gasteiger charge is 2.28. The van der Waals surface area contributed by atoms with Crippen molar-refractivity contribution >= 4 is 11.8 Å². The Kier molecular flexibility index (Phi) is 6.25. The predicted octanol–water partition coefficient (Wildman–Crippen LogP) is 3.40. The Morgan fingerprint density at radius 1 is 0.923 bits per heavy atom. The smallest absolute Gasteiger partial charge is 0.223 e. The lowest BCUT2D eigenvalue weighted by molar-refractivity contribution is -0.123. The van der Waals surface area contributed by atoms with E-state index >= 15 is 0 Å². The van der Waals surface area contributed by atoms with Crippen LogP contribution in [-0.4, -0.2) is 18.4 Å². The first kappa shape index (κ1) is 18.0. The van der Waals surface area contributed by atoms with Gasteiger partial charge in [0.1, 0.15) is 11.5 Å². The first-order chi connectivity index (χ1) is 12.7. The molecule has 2 aromatic rings. The maximum atomic E-state index is 11.9. The second-order valence-corrected chi connectivity index (χ2v) is 6.50. The average Bonchev–Trinajstić information content (AvgIpc) is 3.51. The van der Waals surface area contributed by atoms with Crippen molar-refractivity contribution in [3.63, 3.8) is 0 Å². The molecule has 1 fully saturated rings. The molecular weight excluding hydrogens is 328 g/mol. The van der Waals surface area contributed by atoms with Gasteiger partial charge in [0.15, 0.2) is 0 Å². The molecule has 136 valence electrons. The summed E-state index contributed by atoms with van der Waals surface area (Å²) in [6, 6.07) is 17.3. The summed E-state index contributed by atoms with van der Waals surface area (Å²) in [6.45, 7) is 1.05. The van der Waals surface area contributed by atoms with Crippen molar-refractivity contribution < 1.29 is 14.3 Å². The van der Waals surface area contributed by atoms with Gasteiger partial charge in [0, 0.05) is 25.4 Å². The number of amides is 2. The van der Waals surface area contributed by atoms with E-state index in [1.54, 1.807) is 0 Å². The molecule has 0 atom stereocenters. The third kappa shape index (κ3) is 5.92. The molecule has 0 aromatic heterocycles. The molecule has 2 N–H and O–H groups in total. The number of rotatable bonds is 9. The van der Waals surface area contributed by atoms with Gasteiger partial charge in [-0.05, 0) is 49.1 Å². The van der Waals surface area contributed by atoms with Gasteiger partial charge >= 0.3 is 0 Å². The zero-order valence-corrected chi connectivity index (χ0v) is 14.7. The van der Waals surface area contributed by atoms with E-state index in [4.69, 9.17) is 4.74 Å². The summed E-state index contributed by atoms with van der Waals surface area (Å²) in [5.74, 6) is 1.90. The molecule has 2 aromatic carbocycles. The lowest BCUT2D eigenvalue weighted by Gasteiger charge is -2.08. The van der Waals surface area contributed by atoms with Crippen molar-refractivity contribution in [1.82, 2.24) is 10.6 Å². The van der Waals surface area contributed by atoms with Crippen LogP contribution in [0.1, 0.15) is 31.2 Å². The molecular formula is C21H24N2O3. The Bertz CT molecular complexity index is 725. The van der Waals surface area contributed by atoms with Crippen molar-refractivity contribution in [3.8, 4) is 11.5 Å². The van der Waals surface area contributed by atoms with Gasteiger partial charge in [-0.3, -0.25) is 9.59 Å². The Balaban J connectivity index is 1.33. The third-order valence-electron chi connectivity index (χ3n) is 4.22. The molecule has 26 heavy (non-hydrogen) atoms. The molecule has 1 aliphatic rings. The van der Waals surface area contributed by atoms with E-state index in [0.29, 0.717) is 25.9 Å². The van der Waals surface area contributed by atoms with Gasteiger partial charge in [-0.2, -0.15) is 0 Å². The normalized spacial score (nSPS) is 13.1. The van der Waals surface area contributed by atoms with Crippen LogP contribution < -0.4 is 15.4 Å². The Hall–Kier alpha value is -2.82. The zero-order valence-electron chi connectivity index (χ0n) is 14.7. The van der Waals surface area contributed by atoms with Gasteiger partial charge in [-0.25, -0.2) is 0 Å². The molecule has 5 nitrogen and oxygen atoms in total. The molecule has 0 aliphatic heterocycles. The summed E-state index contributed by atoms with van der Waals surface area (Å²) in [4.78, 5) is 23.3. The van der Waals surface area contributed by atoms with Crippen LogP contribution >= 0.6 is 0 Å². The molecule has 5 heteroatoms. The van der Waals surface area contributed by atoms with E-state index in [1.807, 2.05) is 54.6 Å². The fourth-order valence-electron chi connectivity index (χ4n) is 2.54. The van der Waals surface area contributed by atoms with Crippen molar-refractivity contribution in [2.24, 2.45) is 5.92 Å². The number of para-hydroxylation sites is 1. The summed E-state index contributed by atoms with van der Waals surface area (Å²) >= 11 is 0. The van der Waals surface area contributed by atoms with E-state index < -0.39 is 0 Å². The molecule has 1 aliphatic carbocycles. The second kappa shape index (κ2) is 9.04. The number of carbonyl (C=O) groups is 2. The maximum absolute atomic E-state index is 11.9. The van der Waals surface area contributed by atoms with Crippen molar-refractivity contribution in [2.45, 2.75) is 32.2 Å². The summed E-state index contributed by atoms with van der Waals surface area (Å²) in [5.41, 5.74) is 1.01. The summed E-state index contributed by atoms with van der Waals surface area (Å²) in [7, 11) is 0. The average molecular weight is 352 g/mol. The van der Waals surface area contributed by atoms with Crippen LogP contribution in [0.5, 0.6) is 11.5 Å². The monoisotopic (exact) mass is 352 g/mol. The van der Waals surface area contributed by atoms with Crippen LogP contribution in [0.25, 0.3) is 0 Å². The quantitative estimate of drug-likeness (QED) is 0.680. The standard InChI is InChI=1S/C21H24N2O3/c24-20(7-4-14-22-21(25)17-10-11-17)23-15-16-8-12-19(13-9-16)26-18-5-2-1-3-6-18/h1-3,5-6,8-9,12-13,17H,4,7,10-11,14-15H2,(H,22,25)(H,23,24).